The molecule has 0 aromatic rings. The fourth-order valence-electron chi connectivity index (χ4n) is 1.69. The molecule has 1 aliphatic rings. The Labute approximate surface area is 85.3 Å². The fourth-order valence-corrected chi connectivity index (χ4v) is 3.18. The first-order valence-corrected chi connectivity index (χ1v) is 5.96. The lowest BCUT2D eigenvalue weighted by Gasteiger charge is -2.31. The average Bonchev–Trinajstić information content (AvgIpc) is 2.09. The number of nitrogens with two attached hydrogens (primary N) is 1. The standard InChI is InChI=1S/C10H21NOS/c1-10(2,7-12)13-9-5-3-8(11)4-6-9/h8-9,12H,3-7,11H2,1-2H3. The second kappa shape index (κ2) is 4.67. The van der Waals surface area contributed by atoms with E-state index in [4.69, 9.17) is 10.8 Å². The fraction of sp³-hybridized carbons (Fsp3) is 1.00. The summed E-state index contributed by atoms with van der Waals surface area (Å²) in [6.07, 6.45) is 4.74. The monoisotopic (exact) mass is 203 g/mol. The van der Waals surface area contributed by atoms with Crippen molar-refractivity contribution in [3.05, 3.63) is 0 Å². The molecule has 0 aliphatic heterocycles. The van der Waals surface area contributed by atoms with Crippen LogP contribution in [0, 0.1) is 0 Å². The van der Waals surface area contributed by atoms with Gasteiger partial charge in [-0.25, -0.2) is 0 Å². The minimum atomic E-state index is 0.0199. The number of rotatable bonds is 3. The summed E-state index contributed by atoms with van der Waals surface area (Å²) in [7, 11) is 0. The topological polar surface area (TPSA) is 46.2 Å². The molecule has 1 aliphatic carbocycles. The van der Waals surface area contributed by atoms with Gasteiger partial charge in [0, 0.05) is 16.0 Å². The molecule has 3 heteroatoms. The molecular weight excluding hydrogens is 182 g/mol. The lowest BCUT2D eigenvalue weighted by Crippen LogP contribution is -2.31. The smallest absolute Gasteiger partial charge is 0.0572 e. The third-order valence-electron chi connectivity index (χ3n) is 2.59. The van der Waals surface area contributed by atoms with E-state index in [0.717, 1.165) is 12.8 Å². The van der Waals surface area contributed by atoms with Gasteiger partial charge in [-0.15, -0.1) is 11.8 Å². The lowest BCUT2D eigenvalue weighted by atomic mass is 9.96. The van der Waals surface area contributed by atoms with Crippen molar-refractivity contribution < 1.29 is 5.11 Å². The molecule has 0 amide bonds. The molecule has 3 N–H and O–H groups in total. The first-order chi connectivity index (χ1) is 6.03. The molecule has 0 heterocycles. The predicted octanol–water partition coefficient (Wildman–Crippen LogP) is 1.76. The summed E-state index contributed by atoms with van der Waals surface area (Å²) in [6, 6.07) is 0.425. The van der Waals surface area contributed by atoms with E-state index in [2.05, 4.69) is 13.8 Å². The van der Waals surface area contributed by atoms with Crippen LogP contribution in [-0.4, -0.2) is 27.8 Å². The van der Waals surface area contributed by atoms with Gasteiger partial charge >= 0.3 is 0 Å². The van der Waals surface area contributed by atoms with E-state index in [0.29, 0.717) is 11.3 Å². The molecule has 0 aromatic carbocycles. The van der Waals surface area contributed by atoms with Crippen LogP contribution in [0.3, 0.4) is 0 Å². The largest absolute Gasteiger partial charge is 0.395 e. The molecule has 13 heavy (non-hydrogen) atoms. The van der Waals surface area contributed by atoms with Gasteiger partial charge in [0.2, 0.25) is 0 Å². The molecule has 0 radical (unpaired) electrons. The van der Waals surface area contributed by atoms with Crippen LogP contribution >= 0.6 is 11.8 Å². The van der Waals surface area contributed by atoms with Crippen LogP contribution in [0.15, 0.2) is 0 Å². The van der Waals surface area contributed by atoms with Gasteiger partial charge in [-0.3, -0.25) is 0 Å². The molecule has 2 nitrogen and oxygen atoms in total. The van der Waals surface area contributed by atoms with E-state index in [1.807, 2.05) is 11.8 Å². The molecular formula is C10H21NOS. The minimum Gasteiger partial charge on any atom is -0.395 e. The Morgan fingerprint density at radius 3 is 2.31 bits per heavy atom. The van der Waals surface area contributed by atoms with Gasteiger partial charge < -0.3 is 10.8 Å². The van der Waals surface area contributed by atoms with Gasteiger partial charge in [0.15, 0.2) is 0 Å². The Kier molecular flexibility index (Phi) is 4.07. The zero-order valence-electron chi connectivity index (χ0n) is 8.62. The van der Waals surface area contributed by atoms with Crippen LogP contribution in [0.4, 0.5) is 0 Å². The van der Waals surface area contributed by atoms with Crippen LogP contribution in [0.2, 0.25) is 0 Å². The Morgan fingerprint density at radius 2 is 1.85 bits per heavy atom. The van der Waals surface area contributed by atoms with Crippen LogP contribution in [0.25, 0.3) is 0 Å². The molecule has 0 unspecified atom stereocenters. The van der Waals surface area contributed by atoms with E-state index in [-0.39, 0.29) is 11.4 Å². The number of aliphatic hydroxyl groups is 1. The van der Waals surface area contributed by atoms with Gasteiger partial charge in [0.05, 0.1) is 6.61 Å². The summed E-state index contributed by atoms with van der Waals surface area (Å²) in [4.78, 5) is 0. The van der Waals surface area contributed by atoms with Crippen LogP contribution in [0.1, 0.15) is 39.5 Å². The van der Waals surface area contributed by atoms with Crippen molar-refractivity contribution in [2.24, 2.45) is 5.73 Å². The van der Waals surface area contributed by atoms with E-state index in [1.165, 1.54) is 12.8 Å². The lowest BCUT2D eigenvalue weighted by molar-refractivity contribution is 0.264. The first kappa shape index (κ1) is 11.3. The summed E-state index contributed by atoms with van der Waals surface area (Å²) >= 11 is 1.92. The summed E-state index contributed by atoms with van der Waals surface area (Å²) < 4.78 is 0.0199. The van der Waals surface area contributed by atoms with Gasteiger partial charge in [0.25, 0.3) is 0 Å². The third kappa shape index (κ3) is 3.88. The zero-order chi connectivity index (χ0) is 9.90. The SMILES string of the molecule is CC(C)(CO)SC1CCC(N)CC1. The van der Waals surface area contributed by atoms with E-state index in [9.17, 15) is 0 Å². The van der Waals surface area contributed by atoms with Crippen molar-refractivity contribution in [1.82, 2.24) is 0 Å². The highest BCUT2D eigenvalue weighted by molar-refractivity contribution is 8.01. The van der Waals surface area contributed by atoms with Gasteiger partial charge in [0.1, 0.15) is 0 Å². The first-order valence-electron chi connectivity index (χ1n) is 5.08. The molecule has 0 aromatic heterocycles. The number of hydrogen-bond donors (Lipinski definition) is 2. The highest BCUT2D eigenvalue weighted by Crippen LogP contribution is 2.36. The number of hydrogen-bond acceptors (Lipinski definition) is 3. The predicted molar refractivity (Wildman–Crippen MR) is 59.0 cm³/mol. The summed E-state index contributed by atoms with van der Waals surface area (Å²) in [5, 5.41) is 9.84. The van der Waals surface area contributed by atoms with Crippen molar-refractivity contribution in [1.29, 1.82) is 0 Å². The van der Waals surface area contributed by atoms with Crippen molar-refractivity contribution in [2.75, 3.05) is 6.61 Å². The van der Waals surface area contributed by atoms with Crippen LogP contribution in [-0.2, 0) is 0 Å². The maximum atomic E-state index is 9.13. The molecule has 1 fully saturated rings. The highest BCUT2D eigenvalue weighted by Gasteiger charge is 2.26. The Hall–Kier alpha value is 0.270. The second-order valence-corrected chi connectivity index (χ2v) is 6.58. The van der Waals surface area contributed by atoms with Crippen molar-refractivity contribution in [2.45, 2.75) is 55.6 Å². The molecule has 1 rings (SSSR count). The van der Waals surface area contributed by atoms with Crippen molar-refractivity contribution >= 4 is 11.8 Å². The van der Waals surface area contributed by atoms with E-state index < -0.39 is 0 Å². The summed E-state index contributed by atoms with van der Waals surface area (Å²) in [6.45, 7) is 4.47. The maximum absolute atomic E-state index is 9.13. The molecule has 0 saturated heterocycles. The Bertz CT molecular complexity index is 153. The molecule has 0 spiro atoms. The van der Waals surface area contributed by atoms with Gasteiger partial charge in [-0.1, -0.05) is 0 Å². The van der Waals surface area contributed by atoms with Gasteiger partial charge in [-0.05, 0) is 39.5 Å². The normalized spacial score (nSPS) is 30.5. The van der Waals surface area contributed by atoms with E-state index >= 15 is 0 Å². The van der Waals surface area contributed by atoms with Gasteiger partial charge in [-0.2, -0.15) is 0 Å². The zero-order valence-corrected chi connectivity index (χ0v) is 9.44. The van der Waals surface area contributed by atoms with Crippen molar-refractivity contribution in [3.63, 3.8) is 0 Å². The maximum Gasteiger partial charge on any atom is 0.0572 e. The minimum absolute atomic E-state index is 0.0199. The summed E-state index contributed by atoms with van der Waals surface area (Å²) in [5.74, 6) is 0. The number of aliphatic hydroxyl groups excluding tert-OH is 1. The third-order valence-corrected chi connectivity index (χ3v) is 4.16. The number of thioether (sulfide) groups is 1. The molecule has 1 saturated carbocycles. The quantitative estimate of drug-likeness (QED) is 0.735. The summed E-state index contributed by atoms with van der Waals surface area (Å²) in [5.41, 5.74) is 5.83. The molecule has 0 atom stereocenters. The Morgan fingerprint density at radius 1 is 1.31 bits per heavy atom. The molecule has 0 bridgehead atoms. The van der Waals surface area contributed by atoms with Crippen LogP contribution in [0.5, 0.6) is 0 Å². The second-order valence-electron chi connectivity index (χ2n) is 4.57. The highest BCUT2D eigenvalue weighted by atomic mass is 32.2. The van der Waals surface area contributed by atoms with E-state index in [1.54, 1.807) is 0 Å². The Balaban J connectivity index is 2.30. The average molecular weight is 203 g/mol. The van der Waals surface area contributed by atoms with Crippen LogP contribution < -0.4 is 5.73 Å². The molecule has 78 valence electrons. The van der Waals surface area contributed by atoms with Crippen molar-refractivity contribution in [3.8, 4) is 0 Å².